The van der Waals surface area contributed by atoms with Gasteiger partial charge in [0.05, 0.1) is 47.0 Å². The van der Waals surface area contributed by atoms with E-state index in [4.69, 9.17) is 9.40 Å². The lowest BCUT2D eigenvalue weighted by atomic mass is 10.1. The third-order valence-electron chi connectivity index (χ3n) is 5.46. The van der Waals surface area contributed by atoms with Crippen LogP contribution in [-0.2, 0) is 0 Å². The molecule has 0 amide bonds. The number of anilines is 1. The van der Waals surface area contributed by atoms with E-state index in [1.165, 1.54) is 0 Å². The van der Waals surface area contributed by atoms with Gasteiger partial charge in [0.1, 0.15) is 16.9 Å². The molecule has 0 aliphatic rings. The number of furan rings is 1. The predicted octanol–water partition coefficient (Wildman–Crippen LogP) is 5.18. The van der Waals surface area contributed by atoms with E-state index in [0.29, 0.717) is 39.0 Å². The first-order valence-electron chi connectivity index (χ1n) is 10.7. The molecule has 34 heavy (non-hydrogen) atoms. The second-order valence-electron chi connectivity index (χ2n) is 8.22. The summed E-state index contributed by atoms with van der Waals surface area (Å²) in [5.74, 6) is -0.0817. The van der Waals surface area contributed by atoms with E-state index in [9.17, 15) is 0 Å². The Morgan fingerprint density at radius 2 is 1.88 bits per heavy atom. The van der Waals surface area contributed by atoms with E-state index in [1.54, 1.807) is 43.5 Å². The van der Waals surface area contributed by atoms with Crippen molar-refractivity contribution in [1.82, 2.24) is 35.1 Å². The molecule has 0 unspecified atom stereocenters. The van der Waals surface area contributed by atoms with Gasteiger partial charge in [0.15, 0.2) is 11.6 Å². The Hall–Kier alpha value is -4.60. The van der Waals surface area contributed by atoms with Gasteiger partial charge in [0.25, 0.3) is 0 Å². The minimum absolute atomic E-state index is 0.187. The second-order valence-corrected chi connectivity index (χ2v) is 8.22. The number of hydrogen-bond donors (Lipinski definition) is 3. The number of rotatable bonds is 5. The Morgan fingerprint density at radius 1 is 1.00 bits per heavy atom. The average Bonchev–Trinajstić information content (AvgIpc) is 3.57. The third-order valence-corrected chi connectivity index (χ3v) is 5.46. The van der Waals surface area contributed by atoms with Crippen LogP contribution in [0.4, 0.5) is 10.1 Å². The maximum atomic E-state index is 15.8. The number of aromatic nitrogens is 7. The van der Waals surface area contributed by atoms with Gasteiger partial charge in [-0.05, 0) is 26.0 Å². The van der Waals surface area contributed by atoms with E-state index >= 15 is 4.39 Å². The smallest absolute Gasteiger partial charge is 0.161 e. The summed E-state index contributed by atoms with van der Waals surface area (Å²) in [6, 6.07) is 3.88. The zero-order chi connectivity index (χ0) is 23.2. The van der Waals surface area contributed by atoms with Crippen molar-refractivity contribution < 1.29 is 8.81 Å². The molecule has 6 heterocycles. The fourth-order valence-corrected chi connectivity index (χ4v) is 4.00. The van der Waals surface area contributed by atoms with E-state index in [0.717, 1.165) is 16.8 Å². The average molecular weight is 454 g/mol. The normalized spacial score (nSPS) is 11.6. The van der Waals surface area contributed by atoms with Crippen LogP contribution in [0.15, 0.2) is 60.1 Å². The van der Waals surface area contributed by atoms with Crippen molar-refractivity contribution in [2.45, 2.75) is 19.9 Å². The highest BCUT2D eigenvalue weighted by Gasteiger charge is 2.21. The second kappa shape index (κ2) is 7.77. The number of hydrogen-bond acceptors (Lipinski definition) is 7. The van der Waals surface area contributed by atoms with Crippen LogP contribution in [0.5, 0.6) is 0 Å². The summed E-state index contributed by atoms with van der Waals surface area (Å²) < 4.78 is 21.1. The number of H-pyrrole nitrogens is 2. The molecule has 10 heteroatoms. The molecular weight excluding hydrogens is 435 g/mol. The van der Waals surface area contributed by atoms with E-state index in [2.05, 4.69) is 35.5 Å². The molecule has 0 bridgehead atoms. The van der Waals surface area contributed by atoms with Gasteiger partial charge >= 0.3 is 0 Å². The molecule has 0 saturated heterocycles. The van der Waals surface area contributed by atoms with Crippen LogP contribution in [0.25, 0.3) is 55.8 Å². The fourth-order valence-electron chi connectivity index (χ4n) is 4.00. The first-order valence-corrected chi connectivity index (χ1v) is 10.7. The topological polar surface area (TPSA) is 121 Å². The number of aromatic amines is 2. The van der Waals surface area contributed by atoms with Gasteiger partial charge < -0.3 is 14.7 Å². The Morgan fingerprint density at radius 3 is 2.71 bits per heavy atom. The monoisotopic (exact) mass is 454 g/mol. The molecule has 0 atom stereocenters. The summed E-state index contributed by atoms with van der Waals surface area (Å²) >= 11 is 0. The van der Waals surface area contributed by atoms with Crippen molar-refractivity contribution in [2.24, 2.45) is 0 Å². The molecule has 0 aliphatic heterocycles. The zero-order valence-electron chi connectivity index (χ0n) is 18.3. The number of imidazole rings is 1. The Labute approximate surface area is 192 Å². The van der Waals surface area contributed by atoms with E-state index in [1.807, 2.05) is 26.0 Å². The van der Waals surface area contributed by atoms with Crippen LogP contribution in [0, 0.1) is 5.82 Å². The van der Waals surface area contributed by atoms with Gasteiger partial charge in [-0.3, -0.25) is 20.1 Å². The van der Waals surface area contributed by atoms with Crippen LogP contribution >= 0.6 is 0 Å². The Bertz CT molecular complexity index is 1630. The minimum Gasteiger partial charge on any atom is -0.472 e. The van der Waals surface area contributed by atoms with Crippen molar-refractivity contribution in [3.63, 3.8) is 0 Å². The van der Waals surface area contributed by atoms with Gasteiger partial charge in [0.2, 0.25) is 0 Å². The van der Waals surface area contributed by atoms with Crippen molar-refractivity contribution in [1.29, 1.82) is 0 Å². The lowest BCUT2D eigenvalue weighted by Crippen LogP contribution is -2.09. The number of pyridine rings is 3. The zero-order valence-corrected chi connectivity index (χ0v) is 18.3. The van der Waals surface area contributed by atoms with Crippen molar-refractivity contribution in [2.75, 3.05) is 5.32 Å². The van der Waals surface area contributed by atoms with Crippen molar-refractivity contribution in [3.8, 4) is 33.9 Å². The molecule has 0 spiro atoms. The van der Waals surface area contributed by atoms with Crippen LogP contribution in [0.3, 0.4) is 0 Å². The molecule has 6 rings (SSSR count). The summed E-state index contributed by atoms with van der Waals surface area (Å²) in [4.78, 5) is 20.8. The maximum absolute atomic E-state index is 15.8. The Kier molecular flexibility index (Phi) is 4.58. The first kappa shape index (κ1) is 20.0. The van der Waals surface area contributed by atoms with Crippen LogP contribution in [0.1, 0.15) is 13.8 Å². The fraction of sp³-hybridized carbons (Fsp3) is 0.125. The van der Waals surface area contributed by atoms with E-state index in [-0.39, 0.29) is 11.7 Å². The quantitative estimate of drug-likeness (QED) is 0.328. The van der Waals surface area contributed by atoms with Gasteiger partial charge in [-0.1, -0.05) is 0 Å². The number of nitrogens with one attached hydrogen (secondary N) is 3. The molecule has 168 valence electrons. The molecule has 0 radical (unpaired) electrons. The Balaban J connectivity index is 1.50. The van der Waals surface area contributed by atoms with Crippen molar-refractivity contribution >= 4 is 27.6 Å². The molecule has 6 aromatic heterocycles. The first-order chi connectivity index (χ1) is 16.6. The largest absolute Gasteiger partial charge is 0.472 e. The summed E-state index contributed by atoms with van der Waals surface area (Å²) in [5, 5.41) is 10.8. The highest BCUT2D eigenvalue weighted by Crippen LogP contribution is 2.34. The highest BCUT2D eigenvalue weighted by molar-refractivity contribution is 5.97. The number of halogens is 1. The van der Waals surface area contributed by atoms with Gasteiger partial charge in [-0.2, -0.15) is 5.10 Å². The molecule has 0 fully saturated rings. The molecular formula is C24H19FN8O. The summed E-state index contributed by atoms with van der Waals surface area (Å²) in [5.41, 5.74) is 5.41. The van der Waals surface area contributed by atoms with E-state index < -0.39 is 5.82 Å². The highest BCUT2D eigenvalue weighted by atomic mass is 19.1. The summed E-state index contributed by atoms with van der Waals surface area (Å²) in [7, 11) is 0. The van der Waals surface area contributed by atoms with Gasteiger partial charge in [0, 0.05) is 41.3 Å². The lowest BCUT2D eigenvalue weighted by molar-refractivity contribution is 0.568. The van der Waals surface area contributed by atoms with Crippen molar-refractivity contribution in [3.05, 3.63) is 61.5 Å². The third kappa shape index (κ3) is 3.27. The standard InChI is InChI=1S/C24H19FN8O/c1-12(2)29-15-5-14(6-26-7-15)21-20(25)19-17(10-28-21)32-33-23(19)24-30-18-9-27-8-16(22(18)31-24)13-3-4-34-11-13/h3-12,29H,1-2H3,(H,30,31)(H,32,33). The summed E-state index contributed by atoms with van der Waals surface area (Å²) in [6.07, 6.45) is 11.5. The number of fused-ring (bicyclic) bond motifs is 2. The predicted molar refractivity (Wildman–Crippen MR) is 126 cm³/mol. The summed E-state index contributed by atoms with van der Waals surface area (Å²) in [6.45, 7) is 4.05. The minimum atomic E-state index is -0.501. The van der Waals surface area contributed by atoms with Crippen LogP contribution < -0.4 is 5.32 Å². The molecule has 0 aliphatic carbocycles. The molecule has 0 aromatic carbocycles. The van der Waals surface area contributed by atoms with Crippen LogP contribution in [0.2, 0.25) is 0 Å². The van der Waals surface area contributed by atoms with Gasteiger partial charge in [-0.15, -0.1) is 0 Å². The molecule has 6 aromatic rings. The van der Waals surface area contributed by atoms with Crippen LogP contribution in [-0.4, -0.2) is 41.2 Å². The molecule has 9 nitrogen and oxygen atoms in total. The number of nitrogens with zero attached hydrogens (tertiary/aromatic N) is 5. The molecule has 0 saturated carbocycles. The SMILES string of the molecule is CC(C)Nc1cncc(-c2ncc3[nH]nc(-c4nc5c(-c6ccoc6)cncc5[nH]4)c3c2F)c1. The lowest BCUT2D eigenvalue weighted by Gasteiger charge is -2.11. The van der Waals surface area contributed by atoms with Gasteiger partial charge in [-0.25, -0.2) is 9.37 Å². The maximum Gasteiger partial charge on any atom is 0.161 e. The molecule has 3 N–H and O–H groups in total.